The molecule has 0 radical (unpaired) electrons. The van der Waals surface area contributed by atoms with Crippen molar-refractivity contribution >= 4 is 17.1 Å². The summed E-state index contributed by atoms with van der Waals surface area (Å²) >= 11 is 0. The SMILES string of the molecule is CCN(c1ccccc1C)c1cccc(N)c1C. The van der Waals surface area contributed by atoms with Gasteiger partial charge < -0.3 is 10.6 Å². The largest absolute Gasteiger partial charge is 0.398 e. The molecule has 0 aliphatic rings. The van der Waals surface area contributed by atoms with Crippen molar-refractivity contribution in [1.82, 2.24) is 0 Å². The smallest absolute Gasteiger partial charge is 0.0461 e. The minimum absolute atomic E-state index is 0.847. The summed E-state index contributed by atoms with van der Waals surface area (Å²) in [6, 6.07) is 14.5. The topological polar surface area (TPSA) is 29.3 Å². The van der Waals surface area contributed by atoms with Crippen molar-refractivity contribution in [3.8, 4) is 0 Å². The van der Waals surface area contributed by atoms with Gasteiger partial charge in [0.15, 0.2) is 0 Å². The maximum atomic E-state index is 6.00. The van der Waals surface area contributed by atoms with Crippen LogP contribution in [0.3, 0.4) is 0 Å². The first kappa shape index (κ1) is 12.5. The molecule has 0 spiro atoms. The van der Waals surface area contributed by atoms with Crippen LogP contribution in [0.15, 0.2) is 42.5 Å². The maximum Gasteiger partial charge on any atom is 0.0461 e. The summed E-state index contributed by atoms with van der Waals surface area (Å²) in [4.78, 5) is 2.31. The zero-order valence-corrected chi connectivity index (χ0v) is 11.3. The molecule has 18 heavy (non-hydrogen) atoms. The lowest BCUT2D eigenvalue weighted by molar-refractivity contribution is 1.01. The summed E-state index contributed by atoms with van der Waals surface area (Å²) in [5, 5.41) is 0. The number of anilines is 3. The highest BCUT2D eigenvalue weighted by Gasteiger charge is 2.12. The monoisotopic (exact) mass is 240 g/mol. The Kier molecular flexibility index (Phi) is 3.56. The molecular weight excluding hydrogens is 220 g/mol. The van der Waals surface area contributed by atoms with E-state index in [2.05, 4.69) is 56.0 Å². The summed E-state index contributed by atoms with van der Waals surface area (Å²) in [5.74, 6) is 0. The first-order valence-corrected chi connectivity index (χ1v) is 6.33. The van der Waals surface area contributed by atoms with Crippen LogP contribution in [0, 0.1) is 13.8 Å². The Balaban J connectivity index is 2.53. The summed E-state index contributed by atoms with van der Waals surface area (Å²) in [6.45, 7) is 7.30. The fourth-order valence-corrected chi connectivity index (χ4v) is 2.27. The van der Waals surface area contributed by atoms with E-state index in [0.29, 0.717) is 0 Å². The maximum absolute atomic E-state index is 6.00. The van der Waals surface area contributed by atoms with Crippen LogP contribution in [0.2, 0.25) is 0 Å². The third kappa shape index (κ3) is 2.19. The highest BCUT2D eigenvalue weighted by Crippen LogP contribution is 2.32. The standard InChI is InChI=1S/C16H20N2/c1-4-18(15-10-6-5-8-12(15)2)16-11-7-9-14(17)13(16)3/h5-11H,4,17H2,1-3H3. The molecule has 0 aromatic heterocycles. The molecule has 2 heteroatoms. The summed E-state index contributed by atoms with van der Waals surface area (Å²) in [5.41, 5.74) is 11.7. The van der Waals surface area contributed by atoms with E-state index in [1.54, 1.807) is 0 Å². The first-order chi connectivity index (χ1) is 8.65. The average Bonchev–Trinajstić information content (AvgIpc) is 2.37. The molecule has 0 saturated heterocycles. The molecule has 0 saturated carbocycles. The Morgan fingerprint density at radius 2 is 1.61 bits per heavy atom. The van der Waals surface area contributed by atoms with Crippen molar-refractivity contribution in [3.05, 3.63) is 53.6 Å². The van der Waals surface area contributed by atoms with Crippen molar-refractivity contribution in [3.63, 3.8) is 0 Å². The first-order valence-electron chi connectivity index (χ1n) is 6.33. The second-order valence-corrected chi connectivity index (χ2v) is 4.52. The van der Waals surface area contributed by atoms with Crippen LogP contribution in [-0.2, 0) is 0 Å². The molecule has 2 aromatic rings. The lowest BCUT2D eigenvalue weighted by Crippen LogP contribution is -2.18. The van der Waals surface area contributed by atoms with Gasteiger partial charge in [0.05, 0.1) is 0 Å². The van der Waals surface area contributed by atoms with Gasteiger partial charge in [-0.15, -0.1) is 0 Å². The molecule has 0 bridgehead atoms. The Hall–Kier alpha value is -1.96. The predicted molar refractivity (Wildman–Crippen MR) is 79.5 cm³/mol. The van der Waals surface area contributed by atoms with Crippen molar-refractivity contribution in [2.75, 3.05) is 17.2 Å². The van der Waals surface area contributed by atoms with Crippen LogP contribution in [-0.4, -0.2) is 6.54 Å². The highest BCUT2D eigenvalue weighted by molar-refractivity contribution is 5.73. The van der Waals surface area contributed by atoms with Gasteiger partial charge in [0.1, 0.15) is 0 Å². The number of rotatable bonds is 3. The zero-order chi connectivity index (χ0) is 13.1. The molecular formula is C16H20N2. The molecule has 2 rings (SSSR count). The number of hydrogen-bond donors (Lipinski definition) is 1. The van der Waals surface area contributed by atoms with Crippen LogP contribution in [0.5, 0.6) is 0 Å². The van der Waals surface area contributed by atoms with Gasteiger partial charge in [0.2, 0.25) is 0 Å². The van der Waals surface area contributed by atoms with Crippen LogP contribution in [0.1, 0.15) is 18.1 Å². The molecule has 0 aliphatic heterocycles. The molecule has 0 unspecified atom stereocenters. The van der Waals surface area contributed by atoms with Crippen molar-refractivity contribution in [1.29, 1.82) is 0 Å². The fourth-order valence-electron chi connectivity index (χ4n) is 2.27. The van der Waals surface area contributed by atoms with Gasteiger partial charge >= 0.3 is 0 Å². The zero-order valence-electron chi connectivity index (χ0n) is 11.3. The fraction of sp³-hybridized carbons (Fsp3) is 0.250. The molecule has 94 valence electrons. The van der Waals surface area contributed by atoms with Crippen molar-refractivity contribution in [2.45, 2.75) is 20.8 Å². The average molecular weight is 240 g/mol. The summed E-state index contributed by atoms with van der Waals surface area (Å²) in [7, 11) is 0. The van der Waals surface area contributed by atoms with Gasteiger partial charge in [0, 0.05) is 23.6 Å². The molecule has 0 amide bonds. The Morgan fingerprint density at radius 1 is 0.944 bits per heavy atom. The molecule has 2 N–H and O–H groups in total. The van der Waals surface area contributed by atoms with E-state index >= 15 is 0 Å². The third-order valence-corrected chi connectivity index (χ3v) is 3.36. The van der Waals surface area contributed by atoms with Crippen molar-refractivity contribution < 1.29 is 0 Å². The number of para-hydroxylation sites is 1. The van der Waals surface area contributed by atoms with Crippen LogP contribution < -0.4 is 10.6 Å². The minimum Gasteiger partial charge on any atom is -0.398 e. The van der Waals surface area contributed by atoms with Crippen LogP contribution in [0.4, 0.5) is 17.1 Å². The van der Waals surface area contributed by atoms with E-state index < -0.39 is 0 Å². The Labute approximate surface area is 109 Å². The molecule has 0 atom stereocenters. The van der Waals surface area contributed by atoms with E-state index in [0.717, 1.165) is 17.8 Å². The lowest BCUT2D eigenvalue weighted by Gasteiger charge is -2.27. The molecule has 0 heterocycles. The Bertz CT molecular complexity index is 547. The van der Waals surface area contributed by atoms with Gasteiger partial charge in [-0.1, -0.05) is 24.3 Å². The minimum atomic E-state index is 0.847. The second kappa shape index (κ2) is 5.13. The van der Waals surface area contributed by atoms with E-state index in [-0.39, 0.29) is 0 Å². The lowest BCUT2D eigenvalue weighted by atomic mass is 10.1. The van der Waals surface area contributed by atoms with Gasteiger partial charge in [-0.25, -0.2) is 0 Å². The number of nitrogens with zero attached hydrogens (tertiary/aromatic N) is 1. The normalized spacial score (nSPS) is 10.4. The van der Waals surface area contributed by atoms with E-state index in [1.807, 2.05) is 12.1 Å². The number of nitrogen functional groups attached to an aromatic ring is 1. The molecule has 2 nitrogen and oxygen atoms in total. The third-order valence-electron chi connectivity index (χ3n) is 3.36. The molecule has 0 fully saturated rings. The van der Waals surface area contributed by atoms with E-state index in [1.165, 1.54) is 16.9 Å². The van der Waals surface area contributed by atoms with Gasteiger partial charge in [-0.3, -0.25) is 0 Å². The Morgan fingerprint density at radius 3 is 2.28 bits per heavy atom. The predicted octanol–water partition coefficient (Wildman–Crippen LogP) is 4.04. The summed E-state index contributed by atoms with van der Waals surface area (Å²) < 4.78 is 0. The number of hydrogen-bond acceptors (Lipinski definition) is 2. The second-order valence-electron chi connectivity index (χ2n) is 4.52. The van der Waals surface area contributed by atoms with E-state index in [4.69, 9.17) is 5.73 Å². The number of aryl methyl sites for hydroxylation is 1. The van der Waals surface area contributed by atoms with E-state index in [9.17, 15) is 0 Å². The van der Waals surface area contributed by atoms with Gasteiger partial charge in [0.25, 0.3) is 0 Å². The van der Waals surface area contributed by atoms with Gasteiger partial charge in [-0.05, 0) is 50.1 Å². The summed E-state index contributed by atoms with van der Waals surface area (Å²) in [6.07, 6.45) is 0. The van der Waals surface area contributed by atoms with Crippen molar-refractivity contribution in [2.24, 2.45) is 0 Å². The van der Waals surface area contributed by atoms with Crippen LogP contribution >= 0.6 is 0 Å². The number of benzene rings is 2. The molecule has 2 aromatic carbocycles. The van der Waals surface area contributed by atoms with Gasteiger partial charge in [-0.2, -0.15) is 0 Å². The highest BCUT2D eigenvalue weighted by atomic mass is 15.1. The number of nitrogens with two attached hydrogens (primary N) is 1. The van der Waals surface area contributed by atoms with Crippen LogP contribution in [0.25, 0.3) is 0 Å². The quantitative estimate of drug-likeness (QED) is 0.820. The molecule has 0 aliphatic carbocycles.